The third-order valence-electron chi connectivity index (χ3n) is 5.30. The van der Waals surface area contributed by atoms with E-state index in [4.69, 9.17) is 0 Å². The lowest BCUT2D eigenvalue weighted by molar-refractivity contribution is -0.139. The van der Waals surface area contributed by atoms with Gasteiger partial charge < -0.3 is 15.3 Å². The van der Waals surface area contributed by atoms with Gasteiger partial charge in [-0.15, -0.1) is 0 Å². The SMILES string of the molecule is Cc1c(O)cccc1C(=O)N1CCC2(CC1)C(=O)NCCN2C. The maximum absolute atomic E-state index is 12.7. The number of phenolic OH excluding ortho intramolecular Hbond substituents is 1. The molecule has 2 aliphatic heterocycles. The number of rotatable bonds is 1. The van der Waals surface area contributed by atoms with Gasteiger partial charge in [0, 0.05) is 37.3 Å². The van der Waals surface area contributed by atoms with Gasteiger partial charge in [0.05, 0.1) is 0 Å². The summed E-state index contributed by atoms with van der Waals surface area (Å²) in [6.45, 7) is 4.36. The van der Waals surface area contributed by atoms with Crippen molar-refractivity contribution in [3.63, 3.8) is 0 Å². The molecule has 6 nitrogen and oxygen atoms in total. The highest BCUT2D eigenvalue weighted by Crippen LogP contribution is 2.31. The van der Waals surface area contributed by atoms with Crippen molar-refractivity contribution in [2.24, 2.45) is 0 Å². The Bertz CT molecular complexity index is 636. The predicted octanol–water partition coefficient (Wildman–Crippen LogP) is 0.737. The molecule has 0 aromatic heterocycles. The van der Waals surface area contributed by atoms with E-state index in [1.807, 2.05) is 7.05 Å². The standard InChI is InChI=1S/C17H23N3O3/c1-12-13(4-3-5-14(12)21)15(22)20-9-6-17(7-10-20)16(23)18-8-11-19(17)2/h3-5,21H,6-11H2,1-2H3,(H,18,23). The molecule has 2 N–H and O–H groups in total. The minimum atomic E-state index is -0.483. The molecule has 23 heavy (non-hydrogen) atoms. The number of phenols is 1. The number of benzene rings is 1. The van der Waals surface area contributed by atoms with Gasteiger partial charge in [-0.3, -0.25) is 14.5 Å². The number of carbonyl (C=O) groups excluding carboxylic acids is 2. The fourth-order valence-corrected chi connectivity index (χ4v) is 3.60. The molecule has 1 aromatic rings. The van der Waals surface area contributed by atoms with E-state index >= 15 is 0 Å². The molecular weight excluding hydrogens is 294 g/mol. The van der Waals surface area contributed by atoms with Gasteiger partial charge in [-0.1, -0.05) is 6.07 Å². The van der Waals surface area contributed by atoms with E-state index in [1.54, 1.807) is 30.0 Å². The normalized spacial score (nSPS) is 21.3. The van der Waals surface area contributed by atoms with Crippen LogP contribution in [0.1, 0.15) is 28.8 Å². The highest BCUT2D eigenvalue weighted by atomic mass is 16.3. The van der Waals surface area contributed by atoms with Crippen LogP contribution in [0.4, 0.5) is 0 Å². The van der Waals surface area contributed by atoms with E-state index in [0.29, 0.717) is 43.6 Å². The minimum Gasteiger partial charge on any atom is -0.508 e. The van der Waals surface area contributed by atoms with Crippen molar-refractivity contribution in [2.75, 3.05) is 33.2 Å². The van der Waals surface area contributed by atoms with Crippen LogP contribution in [0.2, 0.25) is 0 Å². The number of piperazine rings is 1. The summed E-state index contributed by atoms with van der Waals surface area (Å²) in [5.41, 5.74) is 0.649. The first-order valence-corrected chi connectivity index (χ1v) is 8.03. The second-order valence-electron chi connectivity index (χ2n) is 6.45. The first-order valence-electron chi connectivity index (χ1n) is 8.03. The Balaban J connectivity index is 1.75. The van der Waals surface area contributed by atoms with Crippen LogP contribution < -0.4 is 5.32 Å². The van der Waals surface area contributed by atoms with Crippen molar-refractivity contribution >= 4 is 11.8 Å². The van der Waals surface area contributed by atoms with E-state index in [-0.39, 0.29) is 17.6 Å². The Hall–Kier alpha value is -2.08. The highest BCUT2D eigenvalue weighted by molar-refractivity contribution is 5.96. The fourth-order valence-electron chi connectivity index (χ4n) is 3.60. The number of piperidine rings is 1. The largest absolute Gasteiger partial charge is 0.508 e. The van der Waals surface area contributed by atoms with Crippen molar-refractivity contribution in [3.05, 3.63) is 29.3 Å². The number of nitrogens with zero attached hydrogens (tertiary/aromatic N) is 2. The Morgan fingerprint density at radius 1 is 1.26 bits per heavy atom. The number of hydrogen-bond acceptors (Lipinski definition) is 4. The van der Waals surface area contributed by atoms with Gasteiger partial charge in [-0.25, -0.2) is 0 Å². The quantitative estimate of drug-likeness (QED) is 0.801. The number of nitrogens with one attached hydrogen (secondary N) is 1. The molecule has 0 atom stereocenters. The second kappa shape index (κ2) is 5.85. The Morgan fingerprint density at radius 3 is 2.61 bits per heavy atom. The first-order chi connectivity index (χ1) is 11.0. The molecule has 0 radical (unpaired) electrons. The summed E-state index contributed by atoms with van der Waals surface area (Å²) >= 11 is 0. The Labute approximate surface area is 136 Å². The zero-order chi connectivity index (χ0) is 16.6. The molecule has 0 saturated carbocycles. The van der Waals surface area contributed by atoms with E-state index in [2.05, 4.69) is 10.2 Å². The van der Waals surface area contributed by atoms with Gasteiger partial charge in [0.2, 0.25) is 5.91 Å². The molecule has 3 rings (SSSR count). The third-order valence-corrected chi connectivity index (χ3v) is 5.30. The molecule has 1 aromatic carbocycles. The molecule has 2 aliphatic rings. The lowest BCUT2D eigenvalue weighted by Crippen LogP contribution is -2.67. The molecule has 0 unspecified atom stereocenters. The second-order valence-corrected chi connectivity index (χ2v) is 6.45. The molecule has 1 spiro atoms. The van der Waals surface area contributed by atoms with Gasteiger partial charge in [-0.2, -0.15) is 0 Å². The topological polar surface area (TPSA) is 72.9 Å². The van der Waals surface area contributed by atoms with Crippen molar-refractivity contribution in [1.29, 1.82) is 0 Å². The minimum absolute atomic E-state index is 0.0758. The van der Waals surface area contributed by atoms with Crippen LogP contribution in [0.25, 0.3) is 0 Å². The van der Waals surface area contributed by atoms with E-state index in [9.17, 15) is 14.7 Å². The lowest BCUT2D eigenvalue weighted by Gasteiger charge is -2.48. The van der Waals surface area contributed by atoms with Gasteiger partial charge in [0.15, 0.2) is 0 Å². The average Bonchev–Trinajstić information content (AvgIpc) is 2.55. The van der Waals surface area contributed by atoms with Crippen LogP contribution >= 0.6 is 0 Å². The zero-order valence-corrected chi connectivity index (χ0v) is 13.6. The molecular formula is C17H23N3O3. The molecule has 0 bridgehead atoms. The number of aromatic hydroxyl groups is 1. The molecule has 6 heteroatoms. The number of amides is 2. The van der Waals surface area contributed by atoms with Crippen molar-refractivity contribution in [3.8, 4) is 5.75 Å². The van der Waals surface area contributed by atoms with Gasteiger partial charge in [-0.05, 0) is 38.9 Å². The summed E-state index contributed by atoms with van der Waals surface area (Å²) in [6.07, 6.45) is 1.28. The van der Waals surface area contributed by atoms with Crippen LogP contribution in [0.15, 0.2) is 18.2 Å². The number of hydrogen-bond donors (Lipinski definition) is 2. The summed E-state index contributed by atoms with van der Waals surface area (Å²) in [7, 11) is 1.98. The van der Waals surface area contributed by atoms with E-state index in [1.165, 1.54) is 0 Å². The molecule has 2 fully saturated rings. The van der Waals surface area contributed by atoms with Gasteiger partial charge in [0.1, 0.15) is 11.3 Å². The maximum Gasteiger partial charge on any atom is 0.254 e. The summed E-state index contributed by atoms with van der Waals surface area (Å²) in [5, 5.41) is 12.7. The summed E-state index contributed by atoms with van der Waals surface area (Å²) in [4.78, 5) is 28.9. The van der Waals surface area contributed by atoms with Crippen molar-refractivity contribution in [2.45, 2.75) is 25.3 Å². The molecule has 2 saturated heterocycles. The summed E-state index contributed by atoms with van der Waals surface area (Å²) in [5.74, 6) is 0.134. The van der Waals surface area contributed by atoms with Crippen LogP contribution in [-0.2, 0) is 4.79 Å². The van der Waals surface area contributed by atoms with Gasteiger partial charge >= 0.3 is 0 Å². The Morgan fingerprint density at radius 2 is 1.96 bits per heavy atom. The number of likely N-dealkylation sites (N-methyl/N-ethyl adjacent to an activating group) is 1. The van der Waals surface area contributed by atoms with Crippen LogP contribution in [0.3, 0.4) is 0 Å². The third kappa shape index (κ3) is 2.57. The number of likely N-dealkylation sites (tertiary alicyclic amines) is 1. The maximum atomic E-state index is 12.7. The first kappa shape index (κ1) is 15.8. The van der Waals surface area contributed by atoms with E-state index in [0.717, 1.165) is 6.54 Å². The average molecular weight is 317 g/mol. The predicted molar refractivity (Wildman–Crippen MR) is 86.4 cm³/mol. The fraction of sp³-hybridized carbons (Fsp3) is 0.529. The smallest absolute Gasteiger partial charge is 0.254 e. The Kier molecular flexibility index (Phi) is 4.02. The van der Waals surface area contributed by atoms with Crippen LogP contribution in [-0.4, -0.2) is 65.5 Å². The lowest BCUT2D eigenvalue weighted by atomic mass is 9.83. The monoisotopic (exact) mass is 317 g/mol. The van der Waals surface area contributed by atoms with Crippen molar-refractivity contribution in [1.82, 2.24) is 15.1 Å². The van der Waals surface area contributed by atoms with Crippen LogP contribution in [0, 0.1) is 6.92 Å². The highest BCUT2D eigenvalue weighted by Gasteiger charge is 2.47. The van der Waals surface area contributed by atoms with Crippen LogP contribution in [0.5, 0.6) is 5.75 Å². The zero-order valence-electron chi connectivity index (χ0n) is 13.6. The van der Waals surface area contributed by atoms with E-state index < -0.39 is 5.54 Å². The molecule has 0 aliphatic carbocycles. The molecule has 2 heterocycles. The number of carbonyl (C=O) groups is 2. The summed E-state index contributed by atoms with van der Waals surface area (Å²) in [6, 6.07) is 5.00. The molecule has 124 valence electrons. The van der Waals surface area contributed by atoms with Gasteiger partial charge in [0.25, 0.3) is 5.91 Å². The summed E-state index contributed by atoms with van der Waals surface area (Å²) < 4.78 is 0. The van der Waals surface area contributed by atoms with Crippen molar-refractivity contribution < 1.29 is 14.7 Å². The molecule has 2 amide bonds.